The van der Waals surface area contributed by atoms with Crippen LogP contribution in [0.5, 0.6) is 0 Å². The lowest BCUT2D eigenvalue weighted by Gasteiger charge is -2.25. The summed E-state index contributed by atoms with van der Waals surface area (Å²) in [6, 6.07) is 5.11. The number of aromatic nitrogens is 3. The summed E-state index contributed by atoms with van der Waals surface area (Å²) in [5.74, 6) is 0.923. The fourth-order valence-electron chi connectivity index (χ4n) is 3.19. The van der Waals surface area contributed by atoms with Crippen LogP contribution in [0, 0.1) is 5.92 Å². The first-order valence-electron chi connectivity index (χ1n) is 10.3. The van der Waals surface area contributed by atoms with E-state index in [2.05, 4.69) is 32.5 Å². The van der Waals surface area contributed by atoms with Crippen molar-refractivity contribution >= 4 is 54.4 Å². The molecule has 9 nitrogen and oxygen atoms in total. The van der Waals surface area contributed by atoms with E-state index >= 15 is 0 Å². The summed E-state index contributed by atoms with van der Waals surface area (Å²) in [6.07, 6.45) is 5.60. The van der Waals surface area contributed by atoms with E-state index < -0.39 is 10.0 Å². The molecule has 1 unspecified atom stereocenters. The summed E-state index contributed by atoms with van der Waals surface area (Å²) in [7, 11) is -3.52. The highest BCUT2D eigenvalue weighted by Gasteiger charge is 2.26. The van der Waals surface area contributed by atoms with Crippen molar-refractivity contribution in [1.29, 1.82) is 0 Å². The number of anilines is 2. The zero-order valence-electron chi connectivity index (χ0n) is 17.9. The second-order valence-electron chi connectivity index (χ2n) is 7.48. The van der Waals surface area contributed by atoms with Crippen molar-refractivity contribution in [2.75, 3.05) is 56.3 Å². The molecule has 2 N–H and O–H groups in total. The van der Waals surface area contributed by atoms with Gasteiger partial charge in [0.2, 0.25) is 16.0 Å². The Morgan fingerprint density at radius 2 is 1.91 bits per heavy atom. The van der Waals surface area contributed by atoms with Gasteiger partial charge in [-0.1, -0.05) is 18.3 Å². The second kappa shape index (κ2) is 10.3. The molecule has 0 spiro atoms. The standard InChI is InChI=1S/C20H26N6O3S3/c1-14(10-21-19-22-12-15(30-2)13-23-19)11-24-20-25-17-4-3-16(9-18(17)31-20)32(27,28)26-5-7-29-8-6-26/h3-4,9,12-14H,5-8,10-11H2,1-2H3,(H,24,25)(H,21,22,23). The molecule has 1 fully saturated rings. The number of thioether (sulfide) groups is 1. The van der Waals surface area contributed by atoms with E-state index in [4.69, 9.17) is 4.74 Å². The average molecular weight is 495 g/mol. The first-order valence-corrected chi connectivity index (χ1v) is 13.8. The number of nitrogens with zero attached hydrogens (tertiary/aromatic N) is 4. The number of rotatable bonds is 9. The van der Waals surface area contributed by atoms with Gasteiger partial charge in [0.1, 0.15) is 0 Å². The van der Waals surface area contributed by atoms with Gasteiger partial charge in [0.15, 0.2) is 5.13 Å². The zero-order valence-corrected chi connectivity index (χ0v) is 20.4. The van der Waals surface area contributed by atoms with Gasteiger partial charge in [0.05, 0.1) is 28.3 Å². The lowest BCUT2D eigenvalue weighted by molar-refractivity contribution is 0.0730. The number of morpholine rings is 1. The Kier molecular flexibility index (Phi) is 7.46. The maximum absolute atomic E-state index is 12.9. The molecule has 0 aliphatic carbocycles. The maximum atomic E-state index is 12.9. The number of thiazole rings is 1. The summed E-state index contributed by atoms with van der Waals surface area (Å²) in [5, 5.41) is 7.37. The molecule has 4 rings (SSSR count). The van der Waals surface area contributed by atoms with Gasteiger partial charge in [0.25, 0.3) is 0 Å². The van der Waals surface area contributed by atoms with Crippen molar-refractivity contribution in [3.05, 3.63) is 30.6 Å². The molecule has 3 heterocycles. The molecule has 1 atom stereocenters. The van der Waals surface area contributed by atoms with Gasteiger partial charge in [-0.25, -0.2) is 23.4 Å². The number of nitrogens with one attached hydrogen (secondary N) is 2. The molecule has 1 saturated heterocycles. The van der Waals surface area contributed by atoms with Gasteiger partial charge in [-0.05, 0) is 30.4 Å². The summed E-state index contributed by atoms with van der Waals surface area (Å²) in [6.45, 7) is 5.18. The number of fused-ring (bicyclic) bond motifs is 1. The van der Waals surface area contributed by atoms with Gasteiger partial charge in [-0.2, -0.15) is 4.31 Å². The first kappa shape index (κ1) is 23.2. The molecule has 1 aliphatic rings. The van der Waals surface area contributed by atoms with Crippen LogP contribution in [0.15, 0.2) is 40.4 Å². The predicted molar refractivity (Wildman–Crippen MR) is 129 cm³/mol. The van der Waals surface area contributed by atoms with Crippen LogP contribution in [0.3, 0.4) is 0 Å². The van der Waals surface area contributed by atoms with E-state index in [0.717, 1.165) is 26.8 Å². The summed E-state index contributed by atoms with van der Waals surface area (Å²) >= 11 is 3.07. The Morgan fingerprint density at radius 1 is 1.19 bits per heavy atom. The van der Waals surface area contributed by atoms with Gasteiger partial charge in [0, 0.05) is 43.5 Å². The predicted octanol–water partition coefficient (Wildman–Crippen LogP) is 2.99. The Bertz CT molecular complexity index is 1150. The normalized spacial score (nSPS) is 16.2. The van der Waals surface area contributed by atoms with E-state index in [1.165, 1.54) is 15.6 Å². The minimum Gasteiger partial charge on any atom is -0.379 e. The van der Waals surface area contributed by atoms with Crippen molar-refractivity contribution < 1.29 is 13.2 Å². The molecule has 2 aromatic heterocycles. The molecule has 3 aromatic rings. The molecule has 32 heavy (non-hydrogen) atoms. The zero-order chi connectivity index (χ0) is 22.6. The van der Waals surface area contributed by atoms with Crippen LogP contribution in [-0.4, -0.2) is 73.3 Å². The molecule has 1 aliphatic heterocycles. The highest BCUT2D eigenvalue weighted by molar-refractivity contribution is 7.98. The fourth-order valence-corrected chi connectivity index (χ4v) is 5.93. The Hall–Kier alpha value is -1.99. The minimum absolute atomic E-state index is 0.298. The van der Waals surface area contributed by atoms with Crippen molar-refractivity contribution in [1.82, 2.24) is 19.3 Å². The molecule has 0 radical (unpaired) electrons. The minimum atomic E-state index is -3.52. The summed E-state index contributed by atoms with van der Waals surface area (Å²) < 4.78 is 33.4. The molecule has 0 saturated carbocycles. The van der Waals surface area contributed by atoms with Crippen LogP contribution in [0.25, 0.3) is 10.2 Å². The topological polar surface area (TPSA) is 109 Å². The van der Waals surface area contributed by atoms with Crippen molar-refractivity contribution in [3.63, 3.8) is 0 Å². The largest absolute Gasteiger partial charge is 0.379 e. The number of benzene rings is 1. The van der Waals surface area contributed by atoms with Gasteiger partial charge in [-0.3, -0.25) is 0 Å². The third-order valence-corrected chi connectivity index (χ3v) is 8.59. The monoisotopic (exact) mass is 494 g/mol. The number of hydrogen-bond donors (Lipinski definition) is 2. The van der Waals surface area contributed by atoms with E-state index in [-0.39, 0.29) is 0 Å². The Balaban J connectivity index is 1.35. The number of sulfonamides is 1. The Labute approximate surface area is 196 Å². The van der Waals surface area contributed by atoms with E-state index in [9.17, 15) is 8.42 Å². The highest BCUT2D eigenvalue weighted by atomic mass is 32.2. The third-order valence-electron chi connectivity index (χ3n) is 5.04. The van der Waals surface area contributed by atoms with Crippen molar-refractivity contribution in [2.24, 2.45) is 5.92 Å². The Morgan fingerprint density at radius 3 is 2.62 bits per heavy atom. The molecular weight excluding hydrogens is 468 g/mol. The average Bonchev–Trinajstić information content (AvgIpc) is 3.24. The smallest absolute Gasteiger partial charge is 0.243 e. The lowest BCUT2D eigenvalue weighted by Crippen LogP contribution is -2.40. The van der Waals surface area contributed by atoms with Crippen molar-refractivity contribution in [2.45, 2.75) is 16.7 Å². The summed E-state index contributed by atoms with van der Waals surface area (Å²) in [4.78, 5) is 14.5. The lowest BCUT2D eigenvalue weighted by atomic mass is 10.2. The van der Waals surface area contributed by atoms with Crippen LogP contribution in [-0.2, 0) is 14.8 Å². The molecule has 0 bridgehead atoms. The van der Waals surface area contributed by atoms with Crippen LogP contribution in [0.2, 0.25) is 0 Å². The van der Waals surface area contributed by atoms with E-state index in [1.54, 1.807) is 42.4 Å². The number of ether oxygens (including phenoxy) is 1. The van der Waals surface area contributed by atoms with E-state index in [0.29, 0.717) is 49.6 Å². The van der Waals surface area contributed by atoms with Crippen LogP contribution < -0.4 is 10.6 Å². The highest BCUT2D eigenvalue weighted by Crippen LogP contribution is 2.29. The van der Waals surface area contributed by atoms with Crippen LogP contribution in [0.4, 0.5) is 11.1 Å². The molecule has 1 aromatic carbocycles. The van der Waals surface area contributed by atoms with E-state index in [1.807, 2.05) is 6.26 Å². The maximum Gasteiger partial charge on any atom is 0.243 e. The third kappa shape index (κ3) is 5.49. The molecular formula is C20H26N6O3S3. The molecule has 172 valence electrons. The second-order valence-corrected chi connectivity index (χ2v) is 11.3. The number of hydrogen-bond acceptors (Lipinski definition) is 10. The van der Waals surface area contributed by atoms with Gasteiger partial charge in [-0.15, -0.1) is 11.8 Å². The molecule has 12 heteroatoms. The van der Waals surface area contributed by atoms with Crippen LogP contribution >= 0.6 is 23.1 Å². The van der Waals surface area contributed by atoms with Gasteiger partial charge >= 0.3 is 0 Å². The van der Waals surface area contributed by atoms with Crippen molar-refractivity contribution in [3.8, 4) is 0 Å². The van der Waals surface area contributed by atoms with Crippen LogP contribution in [0.1, 0.15) is 6.92 Å². The SMILES string of the molecule is CSc1cnc(NCC(C)CNc2nc3ccc(S(=O)(=O)N4CCOCC4)cc3s2)nc1. The first-order chi connectivity index (χ1) is 15.5. The quantitative estimate of drug-likeness (QED) is 0.434. The fraction of sp³-hybridized carbons (Fsp3) is 0.450. The van der Waals surface area contributed by atoms with Gasteiger partial charge < -0.3 is 15.4 Å². The summed E-state index contributed by atoms with van der Waals surface area (Å²) in [5.41, 5.74) is 0.784. The molecule has 0 amide bonds.